The average molecular weight is 551 g/mol. The van der Waals surface area contributed by atoms with Crippen LogP contribution in [0.3, 0.4) is 0 Å². The second-order valence-corrected chi connectivity index (χ2v) is 9.67. The number of ether oxygens (including phenoxy) is 3. The molecular weight excluding hydrogens is 524 g/mol. The van der Waals surface area contributed by atoms with Gasteiger partial charge in [0, 0.05) is 23.1 Å². The van der Waals surface area contributed by atoms with Crippen LogP contribution in [0.2, 0.25) is 0 Å². The van der Waals surface area contributed by atoms with Crippen LogP contribution in [0.5, 0.6) is 11.5 Å². The first kappa shape index (κ1) is 27.0. The summed E-state index contributed by atoms with van der Waals surface area (Å²) in [5.41, 5.74) is 2.64. The number of nitrogens with one attached hydrogen (secondary N) is 1. The number of nitrogens with zero attached hydrogens (tertiary/aromatic N) is 3. The number of allylic oxidation sites excluding steroid dienone is 1. The van der Waals surface area contributed by atoms with Crippen LogP contribution in [0, 0.1) is 0 Å². The predicted octanol–water partition coefficient (Wildman–Crippen LogP) is 5.39. The van der Waals surface area contributed by atoms with Crippen LogP contribution in [0.25, 0.3) is 22.5 Å². The lowest BCUT2D eigenvalue weighted by Gasteiger charge is -2.09. The van der Waals surface area contributed by atoms with Gasteiger partial charge in [-0.15, -0.1) is 28.1 Å². The molecule has 0 radical (unpaired) electrons. The number of thioether (sulfide) groups is 1. The quantitative estimate of drug-likeness (QED) is 0.151. The number of anilines is 1. The first-order valence-corrected chi connectivity index (χ1v) is 13.3. The van der Waals surface area contributed by atoms with Crippen molar-refractivity contribution >= 4 is 40.0 Å². The largest absolute Gasteiger partial charge is 0.497 e. The fraction of sp³-hybridized carbons (Fsp3) is 0.185. The lowest BCUT2D eigenvalue weighted by Crippen LogP contribution is -2.16. The van der Waals surface area contributed by atoms with E-state index in [9.17, 15) is 9.59 Å². The van der Waals surface area contributed by atoms with E-state index in [0.29, 0.717) is 39.4 Å². The second kappa shape index (κ2) is 12.4. The smallest absolute Gasteiger partial charge is 0.341 e. The third-order valence-corrected chi connectivity index (χ3v) is 7.41. The Morgan fingerprint density at radius 2 is 1.63 bits per heavy atom. The lowest BCUT2D eigenvalue weighted by molar-refractivity contribution is -0.113. The number of carbonyl (C=O) groups excluding carboxylic acids is 2. The number of amides is 1. The minimum Gasteiger partial charge on any atom is -0.497 e. The number of carbonyl (C=O) groups is 2. The van der Waals surface area contributed by atoms with Gasteiger partial charge in [0.05, 0.1) is 27.1 Å². The van der Waals surface area contributed by atoms with Crippen LogP contribution in [-0.4, -0.2) is 53.7 Å². The van der Waals surface area contributed by atoms with Crippen LogP contribution in [-0.2, 0) is 16.1 Å². The van der Waals surface area contributed by atoms with Crippen molar-refractivity contribution in [1.29, 1.82) is 0 Å². The fourth-order valence-electron chi connectivity index (χ4n) is 3.67. The highest BCUT2D eigenvalue weighted by molar-refractivity contribution is 7.99. The molecule has 196 valence electrons. The summed E-state index contributed by atoms with van der Waals surface area (Å²) in [4.78, 5) is 25.5. The van der Waals surface area contributed by atoms with E-state index in [1.54, 1.807) is 20.3 Å². The summed E-state index contributed by atoms with van der Waals surface area (Å²) in [5.74, 6) is 1.34. The summed E-state index contributed by atoms with van der Waals surface area (Å²) in [6.45, 7) is 4.30. The molecule has 4 rings (SSSR count). The van der Waals surface area contributed by atoms with E-state index in [0.717, 1.165) is 16.9 Å². The Morgan fingerprint density at radius 1 is 1.00 bits per heavy atom. The van der Waals surface area contributed by atoms with Crippen LogP contribution in [0.1, 0.15) is 10.4 Å². The van der Waals surface area contributed by atoms with Crippen LogP contribution in [0.4, 0.5) is 5.00 Å². The average Bonchev–Trinajstić information content (AvgIpc) is 3.56. The van der Waals surface area contributed by atoms with Crippen LogP contribution in [0.15, 0.2) is 71.7 Å². The van der Waals surface area contributed by atoms with E-state index in [1.807, 2.05) is 58.5 Å². The highest BCUT2D eigenvalue weighted by atomic mass is 32.2. The maximum Gasteiger partial charge on any atom is 0.341 e. The van der Waals surface area contributed by atoms with Crippen molar-refractivity contribution in [3.63, 3.8) is 0 Å². The molecule has 0 saturated heterocycles. The first-order valence-electron chi connectivity index (χ1n) is 11.4. The minimum atomic E-state index is -0.533. The zero-order valence-corrected chi connectivity index (χ0v) is 22.7. The van der Waals surface area contributed by atoms with Gasteiger partial charge in [0.2, 0.25) is 5.91 Å². The van der Waals surface area contributed by atoms with E-state index >= 15 is 0 Å². The SMILES string of the molecule is C=CCn1c(SCC(=O)Nc2scc(-c3ccc(OC)cc3)c2C(=O)OC)nnc1-c1ccc(OC)cc1. The Kier molecular flexibility index (Phi) is 8.82. The molecule has 1 amide bonds. The third kappa shape index (κ3) is 5.90. The molecule has 2 aromatic carbocycles. The van der Waals surface area contributed by atoms with Crippen molar-refractivity contribution < 1.29 is 23.8 Å². The van der Waals surface area contributed by atoms with Gasteiger partial charge < -0.3 is 19.5 Å². The second-order valence-electron chi connectivity index (χ2n) is 7.84. The Bertz CT molecular complexity index is 1430. The minimum absolute atomic E-state index is 0.0638. The number of hydrogen-bond donors (Lipinski definition) is 1. The summed E-state index contributed by atoms with van der Waals surface area (Å²) in [6.07, 6.45) is 1.75. The Hall–Kier alpha value is -4.09. The van der Waals surface area contributed by atoms with E-state index in [1.165, 1.54) is 30.2 Å². The Labute approximate surface area is 228 Å². The van der Waals surface area contributed by atoms with Gasteiger partial charge >= 0.3 is 5.97 Å². The van der Waals surface area contributed by atoms with Crippen LogP contribution < -0.4 is 14.8 Å². The molecule has 0 unspecified atom stereocenters. The molecule has 0 aliphatic heterocycles. The van der Waals surface area contributed by atoms with Crippen molar-refractivity contribution in [2.24, 2.45) is 0 Å². The number of esters is 1. The number of aromatic nitrogens is 3. The number of benzene rings is 2. The van der Waals surface area contributed by atoms with Crippen LogP contribution >= 0.6 is 23.1 Å². The van der Waals surface area contributed by atoms with Gasteiger partial charge in [0.15, 0.2) is 11.0 Å². The third-order valence-electron chi connectivity index (χ3n) is 5.54. The molecule has 0 aliphatic carbocycles. The Morgan fingerprint density at radius 3 is 2.21 bits per heavy atom. The van der Waals surface area contributed by atoms with Gasteiger partial charge in [-0.25, -0.2) is 4.79 Å². The number of rotatable bonds is 11. The summed E-state index contributed by atoms with van der Waals surface area (Å²) in [6, 6.07) is 14.8. The highest BCUT2D eigenvalue weighted by Gasteiger charge is 2.23. The normalized spacial score (nSPS) is 10.6. The summed E-state index contributed by atoms with van der Waals surface area (Å²) in [5, 5.41) is 14.3. The summed E-state index contributed by atoms with van der Waals surface area (Å²) in [7, 11) is 4.51. The van der Waals surface area contributed by atoms with Crippen molar-refractivity contribution in [3.8, 4) is 34.0 Å². The zero-order valence-electron chi connectivity index (χ0n) is 21.1. The first-order chi connectivity index (χ1) is 18.5. The lowest BCUT2D eigenvalue weighted by atomic mass is 10.0. The molecule has 0 spiro atoms. The molecule has 9 nitrogen and oxygen atoms in total. The van der Waals surface area contributed by atoms with Gasteiger partial charge in [0.1, 0.15) is 22.1 Å². The van der Waals surface area contributed by atoms with E-state index in [4.69, 9.17) is 14.2 Å². The maximum atomic E-state index is 12.9. The molecular formula is C27H26N4O5S2. The molecule has 2 heterocycles. The number of thiophene rings is 1. The summed E-state index contributed by atoms with van der Waals surface area (Å²) >= 11 is 2.50. The van der Waals surface area contributed by atoms with Gasteiger partial charge in [-0.1, -0.05) is 30.0 Å². The predicted molar refractivity (Wildman–Crippen MR) is 149 cm³/mol. The molecule has 1 N–H and O–H groups in total. The molecule has 0 aliphatic rings. The highest BCUT2D eigenvalue weighted by Crippen LogP contribution is 2.37. The van der Waals surface area contributed by atoms with E-state index in [-0.39, 0.29) is 11.7 Å². The Balaban J connectivity index is 1.51. The van der Waals surface area contributed by atoms with E-state index in [2.05, 4.69) is 22.1 Å². The topological polar surface area (TPSA) is 105 Å². The fourth-order valence-corrected chi connectivity index (χ4v) is 5.39. The molecule has 0 saturated carbocycles. The molecule has 0 bridgehead atoms. The van der Waals surface area contributed by atoms with Crippen molar-refractivity contribution in [2.75, 3.05) is 32.4 Å². The van der Waals surface area contributed by atoms with Gasteiger partial charge in [0.25, 0.3) is 0 Å². The van der Waals surface area contributed by atoms with E-state index < -0.39 is 5.97 Å². The maximum absolute atomic E-state index is 12.9. The van der Waals surface area contributed by atoms with Crippen molar-refractivity contribution in [3.05, 3.63) is 72.1 Å². The van der Waals surface area contributed by atoms with Gasteiger partial charge in [-0.3, -0.25) is 9.36 Å². The molecule has 11 heteroatoms. The van der Waals surface area contributed by atoms with Gasteiger partial charge in [-0.2, -0.15) is 0 Å². The monoisotopic (exact) mass is 550 g/mol. The number of hydrogen-bond acceptors (Lipinski definition) is 9. The molecule has 2 aromatic heterocycles. The number of methoxy groups -OCH3 is 3. The van der Waals surface area contributed by atoms with Gasteiger partial charge in [-0.05, 0) is 42.0 Å². The van der Waals surface area contributed by atoms with Crippen molar-refractivity contribution in [1.82, 2.24) is 14.8 Å². The summed E-state index contributed by atoms with van der Waals surface area (Å²) < 4.78 is 17.3. The zero-order chi connectivity index (χ0) is 27.1. The molecule has 0 fully saturated rings. The molecule has 4 aromatic rings. The molecule has 38 heavy (non-hydrogen) atoms. The standard InChI is InChI=1S/C27H26N4O5S2/c1-5-14-31-24(18-8-12-20(35-3)13-9-18)29-30-27(31)38-16-22(32)28-25-23(26(33)36-4)21(15-37-25)17-6-10-19(34-2)11-7-17/h5-13,15H,1,14,16H2,2-4H3,(H,28,32). The molecule has 0 atom stereocenters. The van der Waals surface area contributed by atoms with Crippen molar-refractivity contribution in [2.45, 2.75) is 11.7 Å².